The second-order valence-electron chi connectivity index (χ2n) is 3.12. The van der Waals surface area contributed by atoms with Gasteiger partial charge in [0.1, 0.15) is 0 Å². The van der Waals surface area contributed by atoms with Crippen molar-refractivity contribution in [3.8, 4) is 0 Å². The van der Waals surface area contributed by atoms with E-state index in [1.807, 2.05) is 0 Å². The number of hydrogen-bond acceptors (Lipinski definition) is 8. The minimum absolute atomic E-state index is 0. The van der Waals surface area contributed by atoms with E-state index in [-0.39, 0.29) is 103 Å². The van der Waals surface area contributed by atoms with Crippen LogP contribution in [0.1, 0.15) is 18.5 Å². The van der Waals surface area contributed by atoms with Crippen LogP contribution in [0.2, 0.25) is 0 Å². The Morgan fingerprint density at radius 2 is 1.00 bits per heavy atom. The molecule has 17 heteroatoms. The van der Waals surface area contributed by atoms with Crippen LogP contribution in [0.25, 0.3) is 0 Å². The van der Waals surface area contributed by atoms with Crippen molar-refractivity contribution in [1.82, 2.24) is 0 Å². The van der Waals surface area contributed by atoms with E-state index < -0.39 is 48.7 Å². The zero-order valence-corrected chi connectivity index (χ0v) is 19.4. The Bertz CT molecular complexity index is 424. The molecule has 0 amide bonds. The first-order valence-corrected chi connectivity index (χ1v) is 4.64. The third-order valence-electron chi connectivity index (χ3n) is 1.36. The Hall–Kier alpha value is 0.130. The SMILES string of the molecule is O=C(O)CC(O)(CC(=O)O)C(=O)O.O=C(O)O.O=C(O)OO.[Ca+2].[H-].[H-].[H-].[H-].[Na+].[Na+]. The Balaban J connectivity index is -0.0000000246. The number of rotatable bonds is 5. The van der Waals surface area contributed by atoms with E-state index in [0.29, 0.717) is 0 Å². The van der Waals surface area contributed by atoms with Gasteiger partial charge in [-0.2, -0.15) is 5.26 Å². The molecule has 0 aromatic carbocycles. The van der Waals surface area contributed by atoms with Gasteiger partial charge in [0.25, 0.3) is 0 Å². The summed E-state index contributed by atoms with van der Waals surface area (Å²) >= 11 is 0. The smallest absolute Gasteiger partial charge is 1.00 e. The zero-order chi connectivity index (χ0) is 18.5. The molecule has 0 radical (unpaired) electrons. The van der Waals surface area contributed by atoms with Crippen LogP contribution < -0.4 is 59.1 Å². The summed E-state index contributed by atoms with van der Waals surface area (Å²) in [6.45, 7) is 0. The molecule has 0 heterocycles. The summed E-state index contributed by atoms with van der Waals surface area (Å²) in [5.41, 5.74) is -2.74. The van der Waals surface area contributed by atoms with Crippen molar-refractivity contribution in [3.05, 3.63) is 0 Å². The van der Waals surface area contributed by atoms with Gasteiger partial charge < -0.3 is 41.5 Å². The standard InChI is InChI=1S/C6H8O7.CH2O4.CH2O3.Ca.2Na.4H/c7-3(8)1-6(13,5(11)12)2-4(9)10;2-1(3)5-4;2-1(3)4;;;;;;;/h13H,1-2H2,(H,7,8)(H,9,10)(H,11,12);4H,(H,2,3);(H2,2,3,4);;;;;;;/q;;;+2;2*+1;4*-1. The summed E-state index contributed by atoms with van der Waals surface area (Å²) < 4.78 is 0. The van der Waals surface area contributed by atoms with E-state index in [1.165, 1.54) is 0 Å². The number of carboxylic acid groups (broad SMARTS) is 6. The molecule has 0 spiro atoms. The van der Waals surface area contributed by atoms with E-state index in [9.17, 15) is 14.4 Å². The molecule has 0 fully saturated rings. The maximum atomic E-state index is 10.3. The molecular weight excluding hydrogens is 406 g/mol. The number of carbonyl (C=O) groups is 5. The molecule has 25 heavy (non-hydrogen) atoms. The van der Waals surface area contributed by atoms with Crippen LogP contribution in [-0.4, -0.2) is 115 Å². The summed E-state index contributed by atoms with van der Waals surface area (Å²) in [6.07, 6.45) is -5.81. The molecule has 0 unspecified atom stereocenters. The average molecular weight is 422 g/mol. The second kappa shape index (κ2) is 22.2. The monoisotopic (exact) mass is 422 g/mol. The van der Waals surface area contributed by atoms with Gasteiger partial charge in [0.2, 0.25) is 0 Å². The molecule has 0 bridgehead atoms. The Morgan fingerprint density at radius 1 is 0.800 bits per heavy atom. The van der Waals surface area contributed by atoms with Crippen LogP contribution in [0.3, 0.4) is 0 Å². The summed E-state index contributed by atoms with van der Waals surface area (Å²) in [4.78, 5) is 50.6. The van der Waals surface area contributed by atoms with E-state index in [0.717, 1.165) is 0 Å². The predicted octanol–water partition coefficient (Wildman–Crippen LogP) is -6.79. The molecule has 14 nitrogen and oxygen atoms in total. The first kappa shape index (κ1) is 40.0. The summed E-state index contributed by atoms with van der Waals surface area (Å²) in [6, 6.07) is 0. The van der Waals surface area contributed by atoms with Crippen molar-refractivity contribution < 1.29 is 135 Å². The summed E-state index contributed by atoms with van der Waals surface area (Å²) in [7, 11) is 0. The zero-order valence-electron chi connectivity index (χ0n) is 17.1. The molecule has 8 N–H and O–H groups in total. The molecule has 0 aromatic rings. The molecular formula is C8H16CaNa2O14. The maximum Gasteiger partial charge on any atom is 2.00 e. The largest absolute Gasteiger partial charge is 2.00 e. The van der Waals surface area contributed by atoms with E-state index >= 15 is 0 Å². The molecule has 0 rings (SSSR count). The number of carboxylic acids is 3. The Kier molecular flexibility index (Phi) is 35.5. The molecule has 0 saturated heterocycles. The van der Waals surface area contributed by atoms with Gasteiger partial charge in [-0.05, 0) is 0 Å². The normalized spacial score (nSPS) is 7.92. The third kappa shape index (κ3) is 36.0. The third-order valence-corrected chi connectivity index (χ3v) is 1.36. The minimum atomic E-state index is -2.74. The fraction of sp³-hybridized carbons (Fsp3) is 0.375. The Labute approximate surface area is 218 Å². The first-order chi connectivity index (χ1) is 9.78. The van der Waals surface area contributed by atoms with Crippen LogP contribution in [-0.2, 0) is 19.3 Å². The van der Waals surface area contributed by atoms with Crippen LogP contribution in [0, 0.1) is 0 Å². The van der Waals surface area contributed by atoms with Gasteiger partial charge in [-0.3, -0.25) is 14.5 Å². The number of aliphatic carboxylic acids is 3. The van der Waals surface area contributed by atoms with Gasteiger partial charge in [-0.15, -0.1) is 0 Å². The first-order valence-electron chi connectivity index (χ1n) is 4.64. The second-order valence-corrected chi connectivity index (χ2v) is 3.12. The van der Waals surface area contributed by atoms with Gasteiger partial charge in [-0.25, -0.2) is 14.4 Å². The van der Waals surface area contributed by atoms with Crippen molar-refractivity contribution in [1.29, 1.82) is 0 Å². The van der Waals surface area contributed by atoms with Crippen molar-refractivity contribution in [3.63, 3.8) is 0 Å². The van der Waals surface area contributed by atoms with Crippen molar-refractivity contribution in [2.45, 2.75) is 18.4 Å². The molecule has 136 valence electrons. The van der Waals surface area contributed by atoms with Gasteiger partial charge in [0, 0.05) is 0 Å². The van der Waals surface area contributed by atoms with E-state index in [4.69, 9.17) is 50.6 Å². The fourth-order valence-electron chi connectivity index (χ4n) is 0.714. The van der Waals surface area contributed by atoms with E-state index in [1.54, 1.807) is 0 Å². The van der Waals surface area contributed by atoms with Crippen molar-refractivity contribution >= 4 is 68.0 Å². The summed E-state index contributed by atoms with van der Waals surface area (Å²) in [5, 5.41) is 62.0. The van der Waals surface area contributed by atoms with Gasteiger partial charge in [0.15, 0.2) is 5.60 Å². The van der Waals surface area contributed by atoms with E-state index in [2.05, 4.69) is 4.89 Å². The molecule has 0 aliphatic carbocycles. The Morgan fingerprint density at radius 3 is 1.08 bits per heavy atom. The van der Waals surface area contributed by atoms with Crippen molar-refractivity contribution in [2.75, 3.05) is 0 Å². The van der Waals surface area contributed by atoms with Gasteiger partial charge in [-0.1, -0.05) is 0 Å². The molecule has 0 saturated carbocycles. The van der Waals surface area contributed by atoms with Gasteiger partial charge >= 0.3 is 127 Å². The molecule has 0 atom stereocenters. The molecule has 0 aromatic heterocycles. The van der Waals surface area contributed by atoms with Crippen LogP contribution >= 0.6 is 0 Å². The molecule has 0 aliphatic heterocycles. The minimum Gasteiger partial charge on any atom is -1.00 e. The summed E-state index contributed by atoms with van der Waals surface area (Å²) in [5.74, 6) is -5.02. The number of hydrogen-bond donors (Lipinski definition) is 8. The quantitative estimate of drug-likeness (QED) is 0.116. The molecule has 0 aliphatic rings. The number of aliphatic hydroxyl groups is 1. The van der Waals surface area contributed by atoms with Crippen LogP contribution in [0.15, 0.2) is 0 Å². The maximum absolute atomic E-state index is 10.3. The van der Waals surface area contributed by atoms with Crippen molar-refractivity contribution in [2.24, 2.45) is 0 Å². The van der Waals surface area contributed by atoms with Gasteiger partial charge in [0.05, 0.1) is 12.8 Å². The van der Waals surface area contributed by atoms with Crippen LogP contribution in [0.5, 0.6) is 0 Å². The predicted molar refractivity (Wildman–Crippen MR) is 69.7 cm³/mol. The topological polar surface area (TPSA) is 256 Å². The van der Waals surface area contributed by atoms with Crippen LogP contribution in [0.4, 0.5) is 9.59 Å². The fourth-order valence-corrected chi connectivity index (χ4v) is 0.714. The average Bonchev–Trinajstić information content (AvgIpc) is 2.26.